The summed E-state index contributed by atoms with van der Waals surface area (Å²) in [5, 5.41) is 2.65. The Morgan fingerprint density at radius 1 is 1.18 bits per heavy atom. The molecule has 0 unspecified atom stereocenters. The summed E-state index contributed by atoms with van der Waals surface area (Å²) in [5.41, 5.74) is 1.35. The zero-order chi connectivity index (χ0) is 16.3. The molecule has 0 saturated carbocycles. The second kappa shape index (κ2) is 7.01. The van der Waals surface area contributed by atoms with Crippen molar-refractivity contribution in [3.63, 3.8) is 0 Å². The average Bonchev–Trinajstić information content (AvgIpc) is 2.42. The predicted octanol–water partition coefficient (Wildman–Crippen LogP) is 5.87. The highest BCUT2D eigenvalue weighted by Crippen LogP contribution is 2.44. The van der Waals surface area contributed by atoms with Gasteiger partial charge in [-0.25, -0.2) is 4.39 Å². The van der Waals surface area contributed by atoms with Gasteiger partial charge >= 0.3 is 7.52 Å². The van der Waals surface area contributed by atoms with Crippen LogP contribution in [0.4, 0.5) is 10.1 Å². The SMILES string of the molecule is CC(C)c1ccc(O[P@](C)(=O)Nc2ccc(I)cc2F)cc1. The summed E-state index contributed by atoms with van der Waals surface area (Å²) < 4.78 is 32.6. The van der Waals surface area contributed by atoms with Gasteiger partial charge in [0.2, 0.25) is 0 Å². The smallest absolute Gasteiger partial charge is 0.338 e. The Morgan fingerprint density at radius 3 is 2.36 bits per heavy atom. The van der Waals surface area contributed by atoms with Crippen LogP contribution in [0.15, 0.2) is 42.5 Å². The Bertz CT molecular complexity index is 704. The van der Waals surface area contributed by atoms with Crippen LogP contribution in [0.5, 0.6) is 5.75 Å². The fraction of sp³-hybridized carbons (Fsp3) is 0.250. The molecule has 2 aromatic carbocycles. The molecular weight excluding hydrogens is 415 g/mol. The van der Waals surface area contributed by atoms with Crippen LogP contribution in [0.25, 0.3) is 0 Å². The van der Waals surface area contributed by atoms with Crippen molar-refractivity contribution < 1.29 is 13.5 Å². The molecule has 0 aliphatic rings. The first-order valence-electron chi connectivity index (χ1n) is 6.87. The highest BCUT2D eigenvalue weighted by Gasteiger charge is 2.19. The molecule has 0 spiro atoms. The predicted molar refractivity (Wildman–Crippen MR) is 97.4 cm³/mol. The molecule has 6 heteroatoms. The molecule has 118 valence electrons. The van der Waals surface area contributed by atoms with E-state index in [2.05, 4.69) is 18.9 Å². The highest BCUT2D eigenvalue weighted by atomic mass is 127. The summed E-state index contributed by atoms with van der Waals surface area (Å²) in [6.45, 7) is 5.63. The van der Waals surface area contributed by atoms with Gasteiger partial charge in [0.25, 0.3) is 0 Å². The van der Waals surface area contributed by atoms with Crippen molar-refractivity contribution in [3.8, 4) is 5.75 Å². The van der Waals surface area contributed by atoms with Crippen LogP contribution in [0.2, 0.25) is 0 Å². The Morgan fingerprint density at radius 2 is 1.82 bits per heavy atom. The van der Waals surface area contributed by atoms with Crippen molar-refractivity contribution in [1.82, 2.24) is 0 Å². The third-order valence-electron chi connectivity index (χ3n) is 3.08. The summed E-state index contributed by atoms with van der Waals surface area (Å²) in [5.74, 6) is 0.461. The second-order valence-electron chi connectivity index (χ2n) is 5.40. The van der Waals surface area contributed by atoms with Crippen molar-refractivity contribution >= 4 is 35.8 Å². The zero-order valence-electron chi connectivity index (χ0n) is 12.6. The van der Waals surface area contributed by atoms with Crippen molar-refractivity contribution in [1.29, 1.82) is 0 Å². The molecule has 0 aliphatic carbocycles. The van der Waals surface area contributed by atoms with Crippen molar-refractivity contribution in [2.45, 2.75) is 19.8 Å². The summed E-state index contributed by atoms with van der Waals surface area (Å²) in [6, 6.07) is 12.1. The molecule has 0 amide bonds. The topological polar surface area (TPSA) is 38.3 Å². The number of nitrogens with one attached hydrogen (secondary N) is 1. The first kappa shape index (κ1) is 17.3. The van der Waals surface area contributed by atoms with Gasteiger partial charge < -0.3 is 9.61 Å². The maximum atomic E-state index is 13.8. The lowest BCUT2D eigenvalue weighted by Gasteiger charge is -2.18. The van der Waals surface area contributed by atoms with E-state index >= 15 is 0 Å². The fourth-order valence-corrected chi connectivity index (χ4v) is 3.58. The lowest BCUT2D eigenvalue weighted by atomic mass is 10.0. The number of rotatable bonds is 5. The van der Waals surface area contributed by atoms with E-state index in [4.69, 9.17) is 4.52 Å². The largest absolute Gasteiger partial charge is 0.429 e. The molecule has 2 rings (SSSR count). The molecule has 0 bridgehead atoms. The molecule has 0 aromatic heterocycles. The van der Waals surface area contributed by atoms with Gasteiger partial charge in [-0.1, -0.05) is 26.0 Å². The van der Waals surface area contributed by atoms with Crippen LogP contribution >= 0.6 is 30.1 Å². The Labute approximate surface area is 143 Å². The molecule has 0 fully saturated rings. The number of benzene rings is 2. The number of hydrogen-bond acceptors (Lipinski definition) is 2. The van der Waals surface area contributed by atoms with Gasteiger partial charge in [-0.3, -0.25) is 4.57 Å². The van der Waals surface area contributed by atoms with E-state index < -0.39 is 13.3 Å². The standard InChI is InChI=1S/C16H18FINO2P/c1-11(2)12-4-7-14(8-5-12)21-22(3,20)19-16-9-6-13(18)10-15(16)17/h4-11H,1-3H3,(H,19,20)/t22-/m0/s1. The van der Waals surface area contributed by atoms with E-state index in [1.54, 1.807) is 24.3 Å². The number of halogens is 2. The van der Waals surface area contributed by atoms with Crippen molar-refractivity contribution in [2.75, 3.05) is 11.8 Å². The lowest BCUT2D eigenvalue weighted by molar-refractivity contribution is 0.493. The van der Waals surface area contributed by atoms with Gasteiger partial charge in [-0.05, 0) is 64.4 Å². The zero-order valence-corrected chi connectivity index (χ0v) is 15.7. The van der Waals surface area contributed by atoms with Crippen LogP contribution in [0, 0.1) is 9.39 Å². The maximum Gasteiger partial charge on any atom is 0.338 e. The van der Waals surface area contributed by atoms with Crippen molar-refractivity contribution in [3.05, 3.63) is 57.4 Å². The van der Waals surface area contributed by atoms with Gasteiger partial charge in [-0.15, -0.1) is 0 Å². The van der Waals surface area contributed by atoms with Gasteiger partial charge in [0.1, 0.15) is 11.6 Å². The monoisotopic (exact) mass is 433 g/mol. The molecule has 3 nitrogen and oxygen atoms in total. The van der Waals surface area contributed by atoms with E-state index in [1.807, 2.05) is 34.7 Å². The van der Waals surface area contributed by atoms with E-state index in [0.717, 1.165) is 3.57 Å². The first-order chi connectivity index (χ1) is 10.3. The fourth-order valence-electron chi connectivity index (χ4n) is 1.94. The molecule has 0 radical (unpaired) electrons. The average molecular weight is 433 g/mol. The summed E-state index contributed by atoms with van der Waals surface area (Å²) in [7, 11) is -3.21. The number of anilines is 1. The lowest BCUT2D eigenvalue weighted by Crippen LogP contribution is -2.04. The van der Waals surface area contributed by atoms with Crippen LogP contribution in [-0.2, 0) is 4.57 Å². The summed E-state index contributed by atoms with van der Waals surface area (Å²) >= 11 is 2.02. The van der Waals surface area contributed by atoms with E-state index in [0.29, 0.717) is 11.7 Å². The Balaban J connectivity index is 2.11. The third-order valence-corrected chi connectivity index (χ3v) is 4.96. The molecule has 0 saturated heterocycles. The molecule has 1 N–H and O–H groups in total. The second-order valence-corrected chi connectivity index (χ2v) is 8.74. The first-order valence-corrected chi connectivity index (χ1v) is 10.0. The van der Waals surface area contributed by atoms with Crippen LogP contribution < -0.4 is 9.61 Å². The van der Waals surface area contributed by atoms with Crippen LogP contribution in [0.1, 0.15) is 25.3 Å². The van der Waals surface area contributed by atoms with E-state index in [9.17, 15) is 8.96 Å². The molecule has 22 heavy (non-hydrogen) atoms. The van der Waals surface area contributed by atoms with Crippen molar-refractivity contribution in [2.24, 2.45) is 0 Å². The number of hydrogen-bond donors (Lipinski definition) is 1. The molecule has 1 atom stereocenters. The van der Waals surface area contributed by atoms with Gasteiger partial charge in [-0.2, -0.15) is 0 Å². The summed E-state index contributed by atoms with van der Waals surface area (Å²) in [4.78, 5) is 0. The quantitative estimate of drug-likeness (QED) is 0.474. The highest BCUT2D eigenvalue weighted by molar-refractivity contribution is 14.1. The minimum absolute atomic E-state index is 0.171. The normalized spacial score (nSPS) is 13.7. The van der Waals surface area contributed by atoms with Gasteiger partial charge in [0, 0.05) is 10.2 Å². The molecule has 0 aliphatic heterocycles. The Hall–Kier alpha value is -1.07. The third kappa shape index (κ3) is 4.71. The minimum atomic E-state index is -3.21. The Kier molecular flexibility index (Phi) is 5.50. The maximum absolute atomic E-state index is 13.8. The van der Waals surface area contributed by atoms with E-state index in [-0.39, 0.29) is 5.69 Å². The molecular formula is C16H18FINO2P. The summed E-state index contributed by atoms with van der Waals surface area (Å²) in [6.07, 6.45) is 0. The van der Waals surface area contributed by atoms with Crippen LogP contribution in [-0.4, -0.2) is 6.66 Å². The van der Waals surface area contributed by atoms with Gasteiger partial charge in [0.15, 0.2) is 0 Å². The minimum Gasteiger partial charge on any atom is -0.429 e. The molecule has 0 heterocycles. The van der Waals surface area contributed by atoms with Gasteiger partial charge in [0.05, 0.1) is 5.69 Å². The van der Waals surface area contributed by atoms with Crippen LogP contribution in [0.3, 0.4) is 0 Å². The molecule has 2 aromatic rings. The van der Waals surface area contributed by atoms with E-state index in [1.165, 1.54) is 18.3 Å².